The summed E-state index contributed by atoms with van der Waals surface area (Å²) in [4.78, 5) is 162. The third-order valence-corrected chi connectivity index (χ3v) is 20.3. The lowest BCUT2D eigenvalue weighted by Gasteiger charge is -2.28. The number of primary amides is 1. The molecule has 7 fully saturated rings. The van der Waals surface area contributed by atoms with Crippen molar-refractivity contribution in [3.8, 4) is 0 Å². The molecule has 4 aliphatic heterocycles. The number of hydrogen-bond acceptors (Lipinski definition) is 17. The summed E-state index contributed by atoms with van der Waals surface area (Å²) in [5, 5.41) is 45.9. The van der Waals surface area contributed by atoms with Crippen molar-refractivity contribution in [3.05, 3.63) is 0 Å². The lowest BCUT2D eigenvalue weighted by Crippen LogP contribution is -2.52. The SMILES string of the molecule is CC(C)C[C@@H](CC(=O)N[C@H]1CNC[C@@H]1C(=O)N[C@H](CC(=O)N[C@H]1CNC[C@@H]1C(=O)N[C@H](CC(=O)N[C@H]1CCC[C@@H]1C(=O)N[C@H]1CNC[C@@H]1C(N)=O)CC(C)C)CC(C)C)NC(=O)C[C@H](C)NC(=O)[C@H]1CNC[C@@H]1NC(=O)C[C@H](C)NC(=O)[C@H]1CCC[C@@H]1NC(=O)[C@H]1CCC[C@@H]1N. The highest BCUT2D eigenvalue weighted by atomic mass is 16.2. The molecule has 0 bridgehead atoms. The molecule has 0 radical (unpaired) electrons. The van der Waals surface area contributed by atoms with Gasteiger partial charge in [0.1, 0.15) is 0 Å². The molecule has 0 aromatic carbocycles. The summed E-state index contributed by atoms with van der Waals surface area (Å²) < 4.78 is 0. The largest absolute Gasteiger partial charge is 0.369 e. The molecule has 7 aliphatic rings. The number of amides is 12. The van der Waals surface area contributed by atoms with E-state index in [2.05, 4.69) is 79.8 Å². The van der Waals surface area contributed by atoms with Gasteiger partial charge in [-0.25, -0.2) is 0 Å². The zero-order chi connectivity index (χ0) is 69.9. The second-order valence-electron chi connectivity index (χ2n) is 30.1. The van der Waals surface area contributed by atoms with Gasteiger partial charge in [-0.15, -0.1) is 0 Å². The van der Waals surface area contributed by atoms with Crippen molar-refractivity contribution in [2.45, 2.75) is 237 Å². The third kappa shape index (κ3) is 23.3. The van der Waals surface area contributed by atoms with Crippen LogP contribution in [0.3, 0.4) is 0 Å². The van der Waals surface area contributed by atoms with Crippen LogP contribution in [0.2, 0.25) is 0 Å². The molecule has 29 heteroatoms. The summed E-state index contributed by atoms with van der Waals surface area (Å²) in [7, 11) is 0. The first-order valence-electron chi connectivity index (χ1n) is 35.8. The van der Waals surface area contributed by atoms with Gasteiger partial charge in [-0.05, 0) is 89.4 Å². The molecule has 540 valence electrons. The maximum Gasteiger partial charge on any atom is 0.226 e. The number of carbonyl (C=O) groups is 12. The zero-order valence-electron chi connectivity index (χ0n) is 57.9. The van der Waals surface area contributed by atoms with E-state index in [9.17, 15) is 57.5 Å². The Balaban J connectivity index is 0.824. The molecule has 29 nitrogen and oxygen atoms in total. The highest BCUT2D eigenvalue weighted by molar-refractivity contribution is 5.89. The Bertz CT molecular complexity index is 2720. The van der Waals surface area contributed by atoms with E-state index in [0.29, 0.717) is 90.8 Å². The van der Waals surface area contributed by atoms with Crippen LogP contribution >= 0.6 is 0 Å². The van der Waals surface area contributed by atoms with Crippen molar-refractivity contribution in [2.75, 3.05) is 52.4 Å². The molecular formula is C67H115N17O12. The first kappa shape index (κ1) is 76.8. The summed E-state index contributed by atoms with van der Waals surface area (Å²) in [6.07, 6.45) is 7.76. The molecule has 12 amide bonds. The summed E-state index contributed by atoms with van der Waals surface area (Å²) in [5.41, 5.74) is 11.7. The minimum atomic E-state index is -0.670. The molecule has 0 spiro atoms. The van der Waals surface area contributed by atoms with Crippen molar-refractivity contribution < 1.29 is 57.5 Å². The van der Waals surface area contributed by atoms with Crippen LogP contribution < -0.4 is 91.2 Å². The van der Waals surface area contributed by atoms with Crippen LogP contribution in [-0.4, -0.2) is 196 Å². The summed E-state index contributed by atoms with van der Waals surface area (Å²) in [6.45, 7) is 18.1. The van der Waals surface area contributed by atoms with Gasteiger partial charge >= 0.3 is 0 Å². The second-order valence-corrected chi connectivity index (χ2v) is 30.1. The molecule has 3 saturated carbocycles. The Morgan fingerprint density at radius 1 is 0.323 bits per heavy atom. The Kier molecular flexibility index (Phi) is 29.5. The number of hydrogen-bond donors (Lipinski definition) is 17. The Hall–Kier alpha value is -6.56. The molecule has 4 heterocycles. The first-order chi connectivity index (χ1) is 45.6. The predicted molar refractivity (Wildman–Crippen MR) is 359 cm³/mol. The fourth-order valence-corrected chi connectivity index (χ4v) is 15.5. The molecule has 7 rings (SSSR count). The first-order valence-corrected chi connectivity index (χ1v) is 35.8. The summed E-state index contributed by atoms with van der Waals surface area (Å²) in [5.74, 6) is -6.97. The maximum absolute atomic E-state index is 14.1. The molecule has 19 N–H and O–H groups in total. The van der Waals surface area contributed by atoms with E-state index in [4.69, 9.17) is 11.5 Å². The average Bonchev–Trinajstić information content (AvgIpc) is 1.72. The van der Waals surface area contributed by atoms with Gasteiger partial charge in [0.05, 0.1) is 65.6 Å². The maximum atomic E-state index is 14.1. The predicted octanol–water partition coefficient (Wildman–Crippen LogP) is -2.46. The van der Waals surface area contributed by atoms with Crippen LogP contribution in [0.5, 0.6) is 0 Å². The molecule has 0 unspecified atom stereocenters. The quantitative estimate of drug-likeness (QED) is 0.0318. The molecular weight excluding hydrogens is 1230 g/mol. The minimum Gasteiger partial charge on any atom is -0.369 e. The van der Waals surface area contributed by atoms with E-state index in [1.165, 1.54) is 0 Å². The number of rotatable bonds is 34. The topological polar surface area (TPSA) is 437 Å². The fraction of sp³-hybridized carbons (Fsp3) is 0.821. The Morgan fingerprint density at radius 3 is 1.05 bits per heavy atom. The Labute approximate surface area is 566 Å². The fourth-order valence-electron chi connectivity index (χ4n) is 15.5. The van der Waals surface area contributed by atoms with Crippen molar-refractivity contribution in [1.29, 1.82) is 0 Å². The summed E-state index contributed by atoms with van der Waals surface area (Å²) >= 11 is 0. The minimum absolute atomic E-state index is 0.00869. The van der Waals surface area contributed by atoms with Crippen LogP contribution in [0.15, 0.2) is 0 Å². The van der Waals surface area contributed by atoms with Crippen molar-refractivity contribution in [2.24, 2.45) is 70.6 Å². The van der Waals surface area contributed by atoms with Gasteiger partial charge in [0.15, 0.2) is 0 Å². The van der Waals surface area contributed by atoms with Crippen molar-refractivity contribution >= 4 is 70.9 Å². The van der Waals surface area contributed by atoms with Crippen LogP contribution in [0.25, 0.3) is 0 Å². The van der Waals surface area contributed by atoms with Crippen molar-refractivity contribution in [1.82, 2.24) is 79.8 Å². The number of nitrogens with one attached hydrogen (secondary N) is 15. The van der Waals surface area contributed by atoms with Gasteiger partial charge < -0.3 is 91.2 Å². The Morgan fingerprint density at radius 2 is 0.635 bits per heavy atom. The molecule has 96 heavy (non-hydrogen) atoms. The number of carbonyl (C=O) groups excluding carboxylic acids is 12. The smallest absolute Gasteiger partial charge is 0.226 e. The second kappa shape index (κ2) is 36.9. The monoisotopic (exact) mass is 1350 g/mol. The molecule has 0 aromatic heterocycles. The average molecular weight is 1350 g/mol. The van der Waals surface area contributed by atoms with E-state index in [0.717, 1.165) is 32.1 Å². The van der Waals surface area contributed by atoms with Crippen LogP contribution in [0, 0.1) is 59.2 Å². The highest BCUT2D eigenvalue weighted by Crippen LogP contribution is 2.30. The third-order valence-electron chi connectivity index (χ3n) is 20.3. The molecule has 4 saturated heterocycles. The van der Waals surface area contributed by atoms with Crippen LogP contribution in [-0.2, 0) is 57.5 Å². The standard InChI is InChI=1S/C67H115N17O12/c1-34(2)18-39(76-56(85)21-37(7)75-65(94)46-27-71-31-53(46)80-57(86)22-38(8)74-63(92)44-14-11-17-51(44)83-62(91)42-12-9-15-49(42)68)23-59(88)81-54-32-72-28-47(54)67(96)78-41(20-36(5)6)25-60(89)82-55-33-73-29-48(55)66(95)77-40(19-35(3)4)24-58(87)79-50-16-10-13-43(50)64(93)84-52-30-70-26-45(52)61(69)90/h34-55,70-73H,9-33,68H2,1-8H3,(H2,69,90)(H,74,92)(H,75,94)(H,76,85)(H,77,95)(H,78,96)(H,79,87)(H,80,86)(H,81,88)(H,82,89)(H,83,91)(H,84,93)/t37-,38-,39-,40-,41-,42-,43-,44-,45-,46-,47-,48-,49-,50-,51-,52-,53-,54-,55-/m0/s1. The lowest BCUT2D eigenvalue weighted by molar-refractivity contribution is -0.131. The van der Waals surface area contributed by atoms with Gasteiger partial charge in [-0.1, -0.05) is 60.8 Å². The summed E-state index contributed by atoms with van der Waals surface area (Å²) in [6, 6.07) is -5.73. The van der Waals surface area contributed by atoms with Crippen LogP contribution in [0.4, 0.5) is 0 Å². The van der Waals surface area contributed by atoms with Gasteiger partial charge in [0.25, 0.3) is 0 Å². The van der Waals surface area contributed by atoms with E-state index < -0.39 is 102 Å². The lowest BCUT2D eigenvalue weighted by atomic mass is 9.96. The molecule has 0 aromatic rings. The normalized spacial score (nSPS) is 29.4. The van der Waals surface area contributed by atoms with Gasteiger partial charge in [-0.3, -0.25) is 57.5 Å². The number of nitrogens with two attached hydrogens (primary N) is 2. The van der Waals surface area contributed by atoms with Gasteiger partial charge in [0.2, 0.25) is 70.9 Å². The van der Waals surface area contributed by atoms with E-state index >= 15 is 0 Å². The van der Waals surface area contributed by atoms with E-state index in [1.807, 2.05) is 41.5 Å². The van der Waals surface area contributed by atoms with Crippen LogP contribution in [0.1, 0.15) is 165 Å². The highest BCUT2D eigenvalue weighted by Gasteiger charge is 2.43. The molecule has 19 atom stereocenters. The zero-order valence-corrected chi connectivity index (χ0v) is 57.9. The molecule has 3 aliphatic carbocycles. The van der Waals surface area contributed by atoms with E-state index in [-0.39, 0.29) is 139 Å². The van der Waals surface area contributed by atoms with Gasteiger partial charge in [0, 0.05) is 133 Å². The van der Waals surface area contributed by atoms with Gasteiger partial charge in [-0.2, -0.15) is 0 Å². The van der Waals surface area contributed by atoms with Crippen molar-refractivity contribution in [3.63, 3.8) is 0 Å². The van der Waals surface area contributed by atoms with E-state index in [1.54, 1.807) is 13.8 Å².